The fourth-order valence-corrected chi connectivity index (χ4v) is 1.82. The SMILES string of the molecule is CC(C)CC(CN)C(=O)Nc1ccc(Cl)c(F)c1. The van der Waals surface area contributed by atoms with E-state index in [0.29, 0.717) is 18.0 Å². The molecule has 0 saturated heterocycles. The molecule has 0 aliphatic heterocycles. The smallest absolute Gasteiger partial charge is 0.228 e. The van der Waals surface area contributed by atoms with Crippen molar-refractivity contribution in [1.82, 2.24) is 0 Å². The van der Waals surface area contributed by atoms with E-state index < -0.39 is 5.82 Å². The number of nitrogens with one attached hydrogen (secondary N) is 1. The number of hydrogen-bond donors (Lipinski definition) is 2. The summed E-state index contributed by atoms with van der Waals surface area (Å²) in [4.78, 5) is 11.9. The van der Waals surface area contributed by atoms with Gasteiger partial charge in [0, 0.05) is 12.2 Å². The molecule has 1 aromatic carbocycles. The van der Waals surface area contributed by atoms with Crippen LogP contribution < -0.4 is 11.1 Å². The number of rotatable bonds is 5. The highest BCUT2D eigenvalue weighted by Gasteiger charge is 2.18. The van der Waals surface area contributed by atoms with Crippen LogP contribution in [0.25, 0.3) is 0 Å². The molecule has 0 aliphatic carbocycles. The molecule has 0 heterocycles. The Hall–Kier alpha value is -1.13. The zero-order chi connectivity index (χ0) is 13.7. The Bertz CT molecular complexity index is 423. The lowest BCUT2D eigenvalue weighted by atomic mass is 9.96. The van der Waals surface area contributed by atoms with Crippen LogP contribution in [0.1, 0.15) is 20.3 Å². The van der Waals surface area contributed by atoms with Crippen molar-refractivity contribution >= 4 is 23.2 Å². The molecule has 1 unspecified atom stereocenters. The van der Waals surface area contributed by atoms with E-state index in [1.165, 1.54) is 12.1 Å². The number of hydrogen-bond acceptors (Lipinski definition) is 2. The van der Waals surface area contributed by atoms with Crippen molar-refractivity contribution in [1.29, 1.82) is 0 Å². The maximum Gasteiger partial charge on any atom is 0.228 e. The molecule has 3 N–H and O–H groups in total. The molecule has 18 heavy (non-hydrogen) atoms. The Balaban J connectivity index is 2.70. The summed E-state index contributed by atoms with van der Waals surface area (Å²) in [5, 5.41) is 2.68. The molecule has 5 heteroatoms. The Morgan fingerprint density at radius 1 is 1.50 bits per heavy atom. The van der Waals surface area contributed by atoms with E-state index in [-0.39, 0.29) is 23.4 Å². The van der Waals surface area contributed by atoms with Gasteiger partial charge in [-0.1, -0.05) is 25.4 Å². The third kappa shape index (κ3) is 4.27. The molecule has 1 aromatic rings. The zero-order valence-electron chi connectivity index (χ0n) is 10.5. The van der Waals surface area contributed by atoms with Crippen molar-refractivity contribution < 1.29 is 9.18 Å². The van der Waals surface area contributed by atoms with Gasteiger partial charge in [0.25, 0.3) is 0 Å². The van der Waals surface area contributed by atoms with Crippen LogP contribution in [0.4, 0.5) is 10.1 Å². The molecular formula is C13H18ClFN2O. The average molecular weight is 273 g/mol. The van der Waals surface area contributed by atoms with E-state index in [1.807, 2.05) is 13.8 Å². The van der Waals surface area contributed by atoms with Gasteiger partial charge >= 0.3 is 0 Å². The second-order valence-corrected chi connectivity index (χ2v) is 5.09. The minimum atomic E-state index is -0.553. The summed E-state index contributed by atoms with van der Waals surface area (Å²) in [7, 11) is 0. The van der Waals surface area contributed by atoms with Crippen LogP contribution >= 0.6 is 11.6 Å². The molecule has 0 saturated carbocycles. The van der Waals surface area contributed by atoms with Crippen LogP contribution in [0.5, 0.6) is 0 Å². The average Bonchev–Trinajstić information content (AvgIpc) is 2.30. The van der Waals surface area contributed by atoms with Crippen LogP contribution in [0.15, 0.2) is 18.2 Å². The molecule has 0 bridgehead atoms. The van der Waals surface area contributed by atoms with E-state index >= 15 is 0 Å². The highest BCUT2D eigenvalue weighted by molar-refractivity contribution is 6.30. The normalized spacial score (nSPS) is 12.6. The summed E-state index contributed by atoms with van der Waals surface area (Å²) in [6.07, 6.45) is 0.707. The van der Waals surface area contributed by atoms with Gasteiger partial charge in [-0.15, -0.1) is 0 Å². The van der Waals surface area contributed by atoms with Gasteiger partial charge in [0.1, 0.15) is 5.82 Å². The Kier molecular flexibility index (Phi) is 5.56. The Labute approximate surface area is 112 Å². The van der Waals surface area contributed by atoms with Crippen molar-refractivity contribution in [3.63, 3.8) is 0 Å². The summed E-state index contributed by atoms with van der Waals surface area (Å²) in [5.41, 5.74) is 5.97. The first-order chi connectivity index (χ1) is 8.43. The van der Waals surface area contributed by atoms with Gasteiger partial charge < -0.3 is 11.1 Å². The summed E-state index contributed by atoms with van der Waals surface area (Å²) >= 11 is 5.57. The van der Waals surface area contributed by atoms with Crippen LogP contribution in [0, 0.1) is 17.7 Å². The molecule has 3 nitrogen and oxygen atoms in total. The monoisotopic (exact) mass is 272 g/mol. The lowest BCUT2D eigenvalue weighted by Crippen LogP contribution is -2.30. The van der Waals surface area contributed by atoms with E-state index in [4.69, 9.17) is 17.3 Å². The predicted octanol–water partition coefficient (Wildman–Crippen LogP) is 3.04. The molecule has 1 atom stereocenters. The van der Waals surface area contributed by atoms with E-state index in [0.717, 1.165) is 0 Å². The molecular weight excluding hydrogens is 255 g/mol. The largest absolute Gasteiger partial charge is 0.330 e. The van der Waals surface area contributed by atoms with Crippen molar-refractivity contribution in [3.8, 4) is 0 Å². The van der Waals surface area contributed by atoms with Gasteiger partial charge in [-0.3, -0.25) is 4.79 Å². The minimum Gasteiger partial charge on any atom is -0.330 e. The van der Waals surface area contributed by atoms with Gasteiger partial charge in [-0.25, -0.2) is 4.39 Å². The Morgan fingerprint density at radius 3 is 2.67 bits per heavy atom. The topological polar surface area (TPSA) is 55.1 Å². The summed E-state index contributed by atoms with van der Waals surface area (Å²) in [6.45, 7) is 4.33. The van der Waals surface area contributed by atoms with Crippen LogP contribution in [0.3, 0.4) is 0 Å². The second kappa shape index (κ2) is 6.71. The van der Waals surface area contributed by atoms with Gasteiger partial charge in [-0.2, -0.15) is 0 Å². The number of anilines is 1. The first kappa shape index (κ1) is 14.9. The summed E-state index contributed by atoms with van der Waals surface area (Å²) < 4.78 is 13.2. The minimum absolute atomic E-state index is 0.0329. The van der Waals surface area contributed by atoms with Gasteiger partial charge in [0.2, 0.25) is 5.91 Å². The molecule has 1 amide bonds. The van der Waals surface area contributed by atoms with Crippen molar-refractivity contribution in [2.75, 3.05) is 11.9 Å². The van der Waals surface area contributed by atoms with Crippen molar-refractivity contribution in [2.24, 2.45) is 17.6 Å². The third-order valence-corrected chi connectivity index (χ3v) is 2.90. The molecule has 0 radical (unpaired) electrons. The summed E-state index contributed by atoms with van der Waals surface area (Å²) in [6, 6.07) is 4.17. The van der Waals surface area contributed by atoms with Crippen molar-refractivity contribution in [3.05, 3.63) is 29.0 Å². The van der Waals surface area contributed by atoms with Gasteiger partial charge in [0.05, 0.1) is 10.9 Å². The van der Waals surface area contributed by atoms with E-state index in [1.54, 1.807) is 6.07 Å². The number of amides is 1. The lowest BCUT2D eigenvalue weighted by Gasteiger charge is -2.16. The lowest BCUT2D eigenvalue weighted by molar-refractivity contribution is -0.120. The van der Waals surface area contributed by atoms with E-state index in [9.17, 15) is 9.18 Å². The fourth-order valence-electron chi connectivity index (χ4n) is 1.70. The Morgan fingerprint density at radius 2 is 2.17 bits per heavy atom. The predicted molar refractivity (Wildman–Crippen MR) is 72.0 cm³/mol. The maximum absolute atomic E-state index is 13.2. The van der Waals surface area contributed by atoms with Crippen molar-refractivity contribution in [2.45, 2.75) is 20.3 Å². The fraction of sp³-hybridized carbons (Fsp3) is 0.462. The number of carbonyl (C=O) groups is 1. The highest BCUT2D eigenvalue weighted by Crippen LogP contribution is 2.20. The summed E-state index contributed by atoms with van der Waals surface area (Å²) in [5.74, 6) is -0.620. The first-order valence-electron chi connectivity index (χ1n) is 5.90. The molecule has 0 aliphatic rings. The molecule has 0 spiro atoms. The molecule has 0 fully saturated rings. The standard InChI is InChI=1S/C13H18ClFN2O/c1-8(2)5-9(7-16)13(18)17-10-3-4-11(14)12(15)6-10/h3-4,6,8-9H,5,7,16H2,1-2H3,(H,17,18). The quantitative estimate of drug-likeness (QED) is 0.866. The number of nitrogens with two attached hydrogens (primary N) is 1. The van der Waals surface area contributed by atoms with Crippen LogP contribution in [0.2, 0.25) is 5.02 Å². The number of carbonyl (C=O) groups excluding carboxylic acids is 1. The van der Waals surface area contributed by atoms with Crippen LogP contribution in [-0.4, -0.2) is 12.5 Å². The first-order valence-corrected chi connectivity index (χ1v) is 6.27. The molecule has 0 aromatic heterocycles. The van der Waals surface area contributed by atoms with E-state index in [2.05, 4.69) is 5.32 Å². The molecule has 1 rings (SSSR count). The number of halogens is 2. The highest BCUT2D eigenvalue weighted by atomic mass is 35.5. The second-order valence-electron chi connectivity index (χ2n) is 4.68. The van der Waals surface area contributed by atoms with Gasteiger partial charge in [-0.05, 0) is 30.5 Å². The van der Waals surface area contributed by atoms with Crippen LogP contribution in [-0.2, 0) is 4.79 Å². The zero-order valence-corrected chi connectivity index (χ0v) is 11.3. The molecule has 100 valence electrons. The third-order valence-electron chi connectivity index (χ3n) is 2.60. The maximum atomic E-state index is 13.2. The number of benzene rings is 1. The van der Waals surface area contributed by atoms with Gasteiger partial charge in [0.15, 0.2) is 0 Å².